The molecule has 0 saturated carbocycles. The molecule has 1 aromatic heterocycles. The summed E-state index contributed by atoms with van der Waals surface area (Å²) in [6, 6.07) is 1.78. The number of rotatable bonds is 1. The molecular formula is C8H9BrN2O2. The van der Waals surface area contributed by atoms with Gasteiger partial charge in [0.1, 0.15) is 0 Å². The second-order valence-electron chi connectivity index (χ2n) is 2.39. The van der Waals surface area contributed by atoms with E-state index in [2.05, 4.69) is 25.7 Å². The zero-order valence-electron chi connectivity index (χ0n) is 7.32. The number of aromatic nitrogens is 1. The molecule has 4 nitrogen and oxygen atoms in total. The van der Waals surface area contributed by atoms with Crippen LogP contribution < -0.4 is 4.90 Å². The molecular weight excluding hydrogens is 236 g/mol. The van der Waals surface area contributed by atoms with Crippen LogP contribution >= 0.6 is 15.9 Å². The highest BCUT2D eigenvalue weighted by Gasteiger charge is 2.10. The third-order valence-corrected chi connectivity index (χ3v) is 1.96. The maximum atomic E-state index is 11.1. The molecule has 1 amide bonds. The van der Waals surface area contributed by atoms with Crippen LogP contribution in [-0.2, 0) is 4.74 Å². The van der Waals surface area contributed by atoms with Gasteiger partial charge in [-0.3, -0.25) is 9.88 Å². The molecule has 0 spiro atoms. The fourth-order valence-corrected chi connectivity index (χ4v) is 1.18. The van der Waals surface area contributed by atoms with E-state index in [9.17, 15) is 4.79 Å². The monoisotopic (exact) mass is 244 g/mol. The molecule has 1 heterocycles. The Labute approximate surface area is 84.6 Å². The molecule has 13 heavy (non-hydrogen) atoms. The van der Waals surface area contributed by atoms with Crippen LogP contribution in [0.15, 0.2) is 22.9 Å². The largest absolute Gasteiger partial charge is 0.452 e. The molecule has 0 radical (unpaired) electrons. The van der Waals surface area contributed by atoms with Crippen LogP contribution in [0.1, 0.15) is 0 Å². The number of ether oxygens (including phenoxy) is 1. The second kappa shape index (κ2) is 4.23. The first kappa shape index (κ1) is 9.98. The van der Waals surface area contributed by atoms with E-state index in [1.807, 2.05) is 0 Å². The molecule has 0 fully saturated rings. The van der Waals surface area contributed by atoms with Crippen molar-refractivity contribution in [3.05, 3.63) is 22.9 Å². The summed E-state index contributed by atoms with van der Waals surface area (Å²) >= 11 is 3.26. The summed E-state index contributed by atoms with van der Waals surface area (Å²) in [6.45, 7) is 0. The predicted molar refractivity (Wildman–Crippen MR) is 52.7 cm³/mol. The van der Waals surface area contributed by atoms with E-state index in [1.165, 1.54) is 12.0 Å². The summed E-state index contributed by atoms with van der Waals surface area (Å²) in [7, 11) is 2.96. The molecule has 0 bridgehead atoms. The Balaban J connectivity index is 2.88. The summed E-state index contributed by atoms with van der Waals surface area (Å²) in [5.41, 5.74) is 0.682. The minimum absolute atomic E-state index is 0.417. The lowest BCUT2D eigenvalue weighted by Crippen LogP contribution is -2.25. The van der Waals surface area contributed by atoms with E-state index in [4.69, 9.17) is 0 Å². The Kier molecular flexibility index (Phi) is 3.25. The zero-order valence-corrected chi connectivity index (χ0v) is 8.91. The van der Waals surface area contributed by atoms with Gasteiger partial charge in [-0.2, -0.15) is 0 Å². The maximum absolute atomic E-state index is 11.1. The second-order valence-corrected chi connectivity index (χ2v) is 3.31. The smallest absolute Gasteiger partial charge is 0.413 e. The van der Waals surface area contributed by atoms with E-state index in [0.717, 1.165) is 4.47 Å². The fourth-order valence-electron chi connectivity index (χ4n) is 0.826. The van der Waals surface area contributed by atoms with Gasteiger partial charge in [-0.1, -0.05) is 0 Å². The number of carbonyl (C=O) groups excluding carboxylic acids is 1. The van der Waals surface area contributed by atoms with Crippen LogP contribution in [0, 0.1) is 0 Å². The van der Waals surface area contributed by atoms with Crippen molar-refractivity contribution in [2.75, 3.05) is 19.1 Å². The maximum Gasteiger partial charge on any atom is 0.413 e. The van der Waals surface area contributed by atoms with Crippen molar-refractivity contribution in [1.82, 2.24) is 4.98 Å². The molecule has 0 atom stereocenters. The molecule has 70 valence electrons. The van der Waals surface area contributed by atoms with Gasteiger partial charge in [-0.25, -0.2) is 4.79 Å². The number of halogens is 1. The molecule has 1 rings (SSSR count). The number of methoxy groups -OCH3 is 1. The summed E-state index contributed by atoms with van der Waals surface area (Å²) in [4.78, 5) is 16.4. The molecule has 0 aliphatic heterocycles. The van der Waals surface area contributed by atoms with Crippen molar-refractivity contribution < 1.29 is 9.53 Å². The quantitative estimate of drug-likeness (QED) is 0.760. The minimum atomic E-state index is -0.417. The Morgan fingerprint density at radius 3 is 2.85 bits per heavy atom. The van der Waals surface area contributed by atoms with Gasteiger partial charge < -0.3 is 4.74 Å². The van der Waals surface area contributed by atoms with Crippen molar-refractivity contribution >= 4 is 27.7 Å². The van der Waals surface area contributed by atoms with Crippen molar-refractivity contribution in [3.63, 3.8) is 0 Å². The predicted octanol–water partition coefficient (Wildman–Crippen LogP) is 2.05. The summed E-state index contributed by atoms with van der Waals surface area (Å²) in [5, 5.41) is 0. The lowest BCUT2D eigenvalue weighted by molar-refractivity contribution is 0.180. The standard InChI is InChI=1S/C8H9BrN2O2/c1-11(8(12)13-2)7-3-6(9)4-10-5-7/h3-5H,1-2H3. The number of amides is 1. The third-order valence-electron chi connectivity index (χ3n) is 1.53. The van der Waals surface area contributed by atoms with Crippen molar-refractivity contribution in [2.24, 2.45) is 0 Å². The van der Waals surface area contributed by atoms with Crippen LogP contribution in [0.5, 0.6) is 0 Å². The van der Waals surface area contributed by atoms with Crippen molar-refractivity contribution in [1.29, 1.82) is 0 Å². The lowest BCUT2D eigenvalue weighted by Gasteiger charge is -2.14. The van der Waals surface area contributed by atoms with Gasteiger partial charge in [0, 0.05) is 17.7 Å². The van der Waals surface area contributed by atoms with E-state index < -0.39 is 6.09 Å². The van der Waals surface area contributed by atoms with E-state index in [0.29, 0.717) is 5.69 Å². The number of carbonyl (C=O) groups is 1. The number of pyridine rings is 1. The van der Waals surface area contributed by atoms with Gasteiger partial charge >= 0.3 is 6.09 Å². The average molecular weight is 245 g/mol. The Hall–Kier alpha value is -1.10. The number of hydrogen-bond acceptors (Lipinski definition) is 3. The number of hydrogen-bond donors (Lipinski definition) is 0. The average Bonchev–Trinajstić information content (AvgIpc) is 2.15. The van der Waals surface area contributed by atoms with Gasteiger partial charge in [-0.05, 0) is 22.0 Å². The van der Waals surface area contributed by atoms with E-state index in [1.54, 1.807) is 25.5 Å². The first-order valence-electron chi connectivity index (χ1n) is 3.57. The Morgan fingerprint density at radius 1 is 1.62 bits per heavy atom. The van der Waals surface area contributed by atoms with Crippen molar-refractivity contribution in [3.8, 4) is 0 Å². The Bertz CT molecular complexity index is 317. The zero-order chi connectivity index (χ0) is 9.84. The van der Waals surface area contributed by atoms with Crippen molar-refractivity contribution in [2.45, 2.75) is 0 Å². The summed E-state index contributed by atoms with van der Waals surface area (Å²) in [5.74, 6) is 0. The molecule has 0 N–H and O–H groups in total. The molecule has 1 aromatic rings. The van der Waals surface area contributed by atoms with Crippen LogP contribution in [0.2, 0.25) is 0 Å². The number of anilines is 1. The van der Waals surface area contributed by atoms with Crippen LogP contribution in [0.4, 0.5) is 10.5 Å². The summed E-state index contributed by atoms with van der Waals surface area (Å²) < 4.78 is 5.37. The Morgan fingerprint density at radius 2 is 2.31 bits per heavy atom. The van der Waals surface area contributed by atoms with Gasteiger partial charge in [0.15, 0.2) is 0 Å². The van der Waals surface area contributed by atoms with E-state index in [-0.39, 0.29) is 0 Å². The van der Waals surface area contributed by atoms with Gasteiger partial charge in [0.2, 0.25) is 0 Å². The number of nitrogens with zero attached hydrogens (tertiary/aromatic N) is 2. The molecule has 5 heteroatoms. The lowest BCUT2D eigenvalue weighted by atomic mass is 10.4. The van der Waals surface area contributed by atoms with E-state index >= 15 is 0 Å². The molecule has 0 saturated heterocycles. The van der Waals surface area contributed by atoms with Gasteiger partial charge in [0.05, 0.1) is 19.0 Å². The summed E-state index contributed by atoms with van der Waals surface area (Å²) in [6.07, 6.45) is 2.82. The highest BCUT2D eigenvalue weighted by Crippen LogP contribution is 2.17. The SMILES string of the molecule is COC(=O)N(C)c1cncc(Br)c1. The highest BCUT2D eigenvalue weighted by atomic mass is 79.9. The van der Waals surface area contributed by atoms with Gasteiger partial charge in [0.25, 0.3) is 0 Å². The molecule has 0 aromatic carbocycles. The first-order valence-corrected chi connectivity index (χ1v) is 4.36. The third kappa shape index (κ3) is 2.42. The highest BCUT2D eigenvalue weighted by molar-refractivity contribution is 9.10. The van der Waals surface area contributed by atoms with Crippen LogP contribution in [-0.4, -0.2) is 25.2 Å². The van der Waals surface area contributed by atoms with Crippen LogP contribution in [0.3, 0.4) is 0 Å². The fraction of sp³-hybridized carbons (Fsp3) is 0.250. The topological polar surface area (TPSA) is 42.4 Å². The first-order chi connectivity index (χ1) is 6.15. The van der Waals surface area contributed by atoms with Gasteiger partial charge in [-0.15, -0.1) is 0 Å². The normalized spacial score (nSPS) is 9.46. The van der Waals surface area contributed by atoms with Crippen LogP contribution in [0.25, 0.3) is 0 Å². The molecule has 0 aliphatic carbocycles. The minimum Gasteiger partial charge on any atom is -0.452 e. The molecule has 0 unspecified atom stereocenters. The molecule has 0 aliphatic rings.